The van der Waals surface area contributed by atoms with Crippen molar-refractivity contribution in [2.24, 2.45) is 0 Å². The van der Waals surface area contributed by atoms with Gasteiger partial charge in [0.1, 0.15) is 5.65 Å². The molecule has 0 atom stereocenters. The zero-order chi connectivity index (χ0) is 11.7. The molecule has 0 aliphatic rings. The normalized spacial score (nSPS) is 11.1. The highest BCUT2D eigenvalue weighted by Gasteiger charge is 2.07. The Morgan fingerprint density at radius 1 is 1.12 bits per heavy atom. The van der Waals surface area contributed by atoms with Crippen LogP contribution in [0.15, 0.2) is 48.8 Å². The number of imidazole rings is 1. The Hall–Kier alpha value is -2.07. The first-order valence-corrected chi connectivity index (χ1v) is 5.59. The first-order chi connectivity index (χ1) is 8.38. The first-order valence-electron chi connectivity index (χ1n) is 5.59. The molecule has 0 unspecified atom stereocenters. The maximum absolute atomic E-state index is 8.97. The molecule has 1 aromatic carbocycles. The Bertz CT molecular complexity index is 624. The number of benzene rings is 1. The van der Waals surface area contributed by atoms with Crippen LogP contribution >= 0.6 is 0 Å². The third kappa shape index (κ3) is 1.72. The van der Waals surface area contributed by atoms with Crippen molar-refractivity contribution in [1.29, 1.82) is 0 Å². The maximum Gasteiger partial charge on any atom is 0.136 e. The van der Waals surface area contributed by atoms with Crippen molar-refractivity contribution < 1.29 is 5.11 Å². The van der Waals surface area contributed by atoms with E-state index >= 15 is 0 Å². The summed E-state index contributed by atoms with van der Waals surface area (Å²) in [6.45, 7) is 0.729. The minimum atomic E-state index is 0.135. The summed E-state index contributed by atoms with van der Waals surface area (Å²) < 4.78 is 3.82. The topological polar surface area (TPSA) is 42.5 Å². The molecular weight excluding hydrogens is 214 g/mol. The zero-order valence-electron chi connectivity index (χ0n) is 9.32. The number of aliphatic hydroxyl groups is 1. The van der Waals surface area contributed by atoms with Gasteiger partial charge in [-0.3, -0.25) is 0 Å². The van der Waals surface area contributed by atoms with Gasteiger partial charge in [-0.2, -0.15) is 5.10 Å². The molecule has 4 nitrogen and oxygen atoms in total. The van der Waals surface area contributed by atoms with Gasteiger partial charge in [0.15, 0.2) is 0 Å². The molecule has 2 heterocycles. The highest BCUT2D eigenvalue weighted by molar-refractivity contribution is 5.64. The van der Waals surface area contributed by atoms with Crippen molar-refractivity contribution in [2.45, 2.75) is 6.54 Å². The minimum absolute atomic E-state index is 0.135. The van der Waals surface area contributed by atoms with Gasteiger partial charge >= 0.3 is 0 Å². The van der Waals surface area contributed by atoms with Crippen LogP contribution in [0.3, 0.4) is 0 Å². The SMILES string of the molecule is OCCn1ccn2nc(-c3ccccc3)cc12. The molecule has 3 rings (SSSR count). The maximum atomic E-state index is 8.97. The Labute approximate surface area is 98.7 Å². The van der Waals surface area contributed by atoms with Crippen LogP contribution < -0.4 is 0 Å². The van der Waals surface area contributed by atoms with Gasteiger partial charge in [0.2, 0.25) is 0 Å². The Kier molecular flexibility index (Phi) is 2.42. The van der Waals surface area contributed by atoms with E-state index in [2.05, 4.69) is 5.10 Å². The first kappa shape index (κ1) is 10.1. The number of hydrogen-bond donors (Lipinski definition) is 1. The molecule has 0 spiro atoms. The molecule has 0 saturated carbocycles. The summed E-state index contributed by atoms with van der Waals surface area (Å²) in [5, 5.41) is 13.5. The molecule has 86 valence electrons. The van der Waals surface area contributed by atoms with Gasteiger partial charge in [-0.25, -0.2) is 4.52 Å². The van der Waals surface area contributed by atoms with Gasteiger partial charge < -0.3 is 9.67 Å². The summed E-state index contributed by atoms with van der Waals surface area (Å²) in [5.41, 5.74) is 3.05. The van der Waals surface area contributed by atoms with E-state index in [0.29, 0.717) is 6.54 Å². The molecule has 0 radical (unpaired) electrons. The van der Waals surface area contributed by atoms with Crippen LogP contribution in [0.2, 0.25) is 0 Å². The summed E-state index contributed by atoms with van der Waals surface area (Å²) in [6, 6.07) is 12.1. The fourth-order valence-electron chi connectivity index (χ4n) is 1.98. The Morgan fingerprint density at radius 3 is 2.71 bits per heavy atom. The highest BCUT2D eigenvalue weighted by Crippen LogP contribution is 2.19. The van der Waals surface area contributed by atoms with Gasteiger partial charge in [0, 0.05) is 30.6 Å². The second-order valence-corrected chi connectivity index (χ2v) is 3.91. The largest absolute Gasteiger partial charge is 0.395 e. The van der Waals surface area contributed by atoms with E-state index in [-0.39, 0.29) is 6.61 Å². The predicted octanol–water partition coefficient (Wildman–Crippen LogP) is 1.80. The van der Waals surface area contributed by atoms with Crippen LogP contribution in [0.25, 0.3) is 16.9 Å². The van der Waals surface area contributed by atoms with Crippen LogP contribution in [-0.2, 0) is 6.54 Å². The van der Waals surface area contributed by atoms with Crippen LogP contribution in [0.5, 0.6) is 0 Å². The van der Waals surface area contributed by atoms with Crippen molar-refractivity contribution in [1.82, 2.24) is 14.2 Å². The minimum Gasteiger partial charge on any atom is -0.395 e. The Morgan fingerprint density at radius 2 is 1.94 bits per heavy atom. The van der Waals surface area contributed by atoms with E-state index in [1.807, 2.05) is 57.9 Å². The summed E-state index contributed by atoms with van der Waals surface area (Å²) >= 11 is 0. The second-order valence-electron chi connectivity index (χ2n) is 3.91. The lowest BCUT2D eigenvalue weighted by Crippen LogP contribution is -1.99. The van der Waals surface area contributed by atoms with Crippen LogP contribution in [0.1, 0.15) is 0 Å². The summed E-state index contributed by atoms with van der Waals surface area (Å²) in [5.74, 6) is 0. The zero-order valence-corrected chi connectivity index (χ0v) is 9.32. The molecule has 0 aliphatic heterocycles. The van der Waals surface area contributed by atoms with E-state index in [0.717, 1.165) is 16.9 Å². The average molecular weight is 227 g/mol. The van der Waals surface area contributed by atoms with E-state index in [9.17, 15) is 0 Å². The van der Waals surface area contributed by atoms with Crippen LogP contribution in [0.4, 0.5) is 0 Å². The molecule has 17 heavy (non-hydrogen) atoms. The van der Waals surface area contributed by atoms with Crippen molar-refractivity contribution in [2.75, 3.05) is 6.61 Å². The van der Waals surface area contributed by atoms with Crippen molar-refractivity contribution in [3.8, 4) is 11.3 Å². The number of fused-ring (bicyclic) bond motifs is 1. The molecular formula is C13H13N3O. The quantitative estimate of drug-likeness (QED) is 0.741. The number of aromatic nitrogens is 3. The highest BCUT2D eigenvalue weighted by atomic mass is 16.3. The lowest BCUT2D eigenvalue weighted by atomic mass is 10.2. The van der Waals surface area contributed by atoms with E-state index in [1.165, 1.54) is 0 Å². The fraction of sp³-hybridized carbons (Fsp3) is 0.154. The van der Waals surface area contributed by atoms with Gasteiger partial charge in [-0.15, -0.1) is 0 Å². The van der Waals surface area contributed by atoms with Crippen LogP contribution in [0, 0.1) is 0 Å². The third-order valence-corrected chi connectivity index (χ3v) is 2.81. The van der Waals surface area contributed by atoms with Gasteiger partial charge in [-0.05, 0) is 0 Å². The summed E-state index contributed by atoms with van der Waals surface area (Å²) in [4.78, 5) is 0. The van der Waals surface area contributed by atoms with Crippen molar-refractivity contribution in [3.63, 3.8) is 0 Å². The monoisotopic (exact) mass is 227 g/mol. The molecule has 0 amide bonds. The summed E-state index contributed by atoms with van der Waals surface area (Å²) in [7, 11) is 0. The van der Waals surface area contributed by atoms with Gasteiger partial charge in [-0.1, -0.05) is 30.3 Å². The Balaban J connectivity index is 2.08. The molecule has 0 aliphatic carbocycles. The number of rotatable bonds is 3. The van der Waals surface area contributed by atoms with Gasteiger partial charge in [0.25, 0.3) is 0 Å². The molecule has 1 N–H and O–H groups in total. The smallest absolute Gasteiger partial charge is 0.136 e. The number of nitrogens with zero attached hydrogens (tertiary/aromatic N) is 3. The van der Waals surface area contributed by atoms with Crippen molar-refractivity contribution in [3.05, 3.63) is 48.8 Å². The van der Waals surface area contributed by atoms with E-state index in [1.54, 1.807) is 0 Å². The predicted molar refractivity (Wildman–Crippen MR) is 65.7 cm³/mol. The number of hydrogen-bond acceptors (Lipinski definition) is 2. The van der Waals surface area contributed by atoms with Gasteiger partial charge in [0.05, 0.1) is 12.3 Å². The molecule has 3 aromatic rings. The molecule has 2 aromatic heterocycles. The van der Waals surface area contributed by atoms with E-state index in [4.69, 9.17) is 5.11 Å². The fourth-order valence-corrected chi connectivity index (χ4v) is 1.98. The molecule has 0 saturated heterocycles. The molecule has 4 heteroatoms. The van der Waals surface area contributed by atoms with Crippen molar-refractivity contribution >= 4 is 5.65 Å². The molecule has 0 bridgehead atoms. The van der Waals surface area contributed by atoms with E-state index < -0.39 is 0 Å². The lowest BCUT2D eigenvalue weighted by Gasteiger charge is -1.97. The average Bonchev–Trinajstić information content (AvgIpc) is 2.93. The number of aliphatic hydroxyl groups excluding tert-OH is 1. The lowest BCUT2D eigenvalue weighted by molar-refractivity contribution is 0.278. The standard InChI is InChI=1S/C13H13N3O/c17-9-8-15-6-7-16-13(15)10-12(14-16)11-4-2-1-3-5-11/h1-7,10,17H,8-9H2. The third-order valence-electron chi connectivity index (χ3n) is 2.81. The second kappa shape index (κ2) is 4.07. The summed E-state index contributed by atoms with van der Waals surface area (Å²) in [6.07, 6.45) is 3.82. The van der Waals surface area contributed by atoms with Crippen LogP contribution in [-0.4, -0.2) is 25.9 Å². The molecule has 0 fully saturated rings.